The highest BCUT2D eigenvalue weighted by molar-refractivity contribution is 6.30. The third-order valence-corrected chi connectivity index (χ3v) is 5.06. The van der Waals surface area contributed by atoms with Crippen LogP contribution in [0, 0.1) is 5.41 Å². The number of benzene rings is 1. The van der Waals surface area contributed by atoms with Gasteiger partial charge in [-0.2, -0.15) is 0 Å². The molecule has 1 aromatic carbocycles. The number of aliphatic hydroxyl groups is 1. The first-order valence-corrected chi connectivity index (χ1v) is 8.01. The minimum absolute atomic E-state index is 0.0971. The van der Waals surface area contributed by atoms with Crippen molar-refractivity contribution in [3.8, 4) is 0 Å². The van der Waals surface area contributed by atoms with Crippen LogP contribution in [0.4, 0.5) is 0 Å². The Hall–Kier alpha value is -0.570. The average molecular weight is 296 g/mol. The first-order valence-electron chi connectivity index (χ1n) is 7.63. The van der Waals surface area contributed by atoms with E-state index in [1.54, 1.807) is 0 Å². The predicted molar refractivity (Wildman–Crippen MR) is 85.1 cm³/mol. The molecule has 2 nitrogen and oxygen atoms in total. The summed E-state index contributed by atoms with van der Waals surface area (Å²) in [6, 6.07) is 8.40. The van der Waals surface area contributed by atoms with Gasteiger partial charge in [-0.15, -0.1) is 0 Å². The molecule has 0 heterocycles. The van der Waals surface area contributed by atoms with Crippen LogP contribution in [0.5, 0.6) is 0 Å². The van der Waals surface area contributed by atoms with E-state index in [1.807, 2.05) is 18.2 Å². The molecule has 1 saturated carbocycles. The molecule has 0 amide bonds. The molecule has 1 atom stereocenters. The average Bonchev–Trinajstić information content (AvgIpc) is 2.47. The maximum Gasteiger partial charge on any atom is 0.0499 e. The minimum Gasteiger partial charge on any atom is -0.396 e. The maximum atomic E-state index is 9.84. The molecule has 0 radical (unpaired) electrons. The molecular formula is C17H26ClNO. The van der Waals surface area contributed by atoms with Crippen LogP contribution >= 0.6 is 11.6 Å². The zero-order valence-corrected chi connectivity index (χ0v) is 13.4. The molecule has 1 fully saturated rings. The Morgan fingerprint density at radius 3 is 2.60 bits per heavy atom. The summed E-state index contributed by atoms with van der Waals surface area (Å²) >= 11 is 6.08. The Bertz CT molecular complexity index is 429. The normalized spacial score (nSPS) is 20.1. The van der Waals surface area contributed by atoms with E-state index in [0.717, 1.165) is 24.4 Å². The van der Waals surface area contributed by atoms with Gasteiger partial charge in [0, 0.05) is 29.6 Å². The fraction of sp³-hybridized carbons (Fsp3) is 0.647. The van der Waals surface area contributed by atoms with Crippen LogP contribution in [0.3, 0.4) is 0 Å². The van der Waals surface area contributed by atoms with Crippen LogP contribution in [0.2, 0.25) is 5.02 Å². The number of hydrogen-bond donors (Lipinski definition) is 1. The van der Waals surface area contributed by atoms with Gasteiger partial charge in [0.15, 0.2) is 0 Å². The van der Waals surface area contributed by atoms with Crippen molar-refractivity contribution < 1.29 is 5.11 Å². The molecule has 1 aliphatic carbocycles. The Morgan fingerprint density at radius 1 is 1.30 bits per heavy atom. The molecule has 1 aromatic rings. The van der Waals surface area contributed by atoms with Gasteiger partial charge in [-0.1, -0.05) is 43.0 Å². The summed E-state index contributed by atoms with van der Waals surface area (Å²) in [5.41, 5.74) is 1.34. The Balaban J connectivity index is 2.04. The summed E-state index contributed by atoms with van der Waals surface area (Å²) in [4.78, 5) is 2.35. The largest absolute Gasteiger partial charge is 0.396 e. The van der Waals surface area contributed by atoms with Gasteiger partial charge in [0.25, 0.3) is 0 Å². The van der Waals surface area contributed by atoms with Gasteiger partial charge in [-0.3, -0.25) is 4.90 Å². The van der Waals surface area contributed by atoms with Gasteiger partial charge in [-0.05, 0) is 44.5 Å². The standard InChI is InChI=1S/C17H26ClNO/c1-14(15-7-6-8-16(18)11-15)19(2)12-17(13-20)9-4-3-5-10-17/h6-8,11,14,20H,3-5,9-10,12-13H2,1-2H3. The van der Waals surface area contributed by atoms with E-state index in [0.29, 0.717) is 12.6 Å². The highest BCUT2D eigenvalue weighted by Crippen LogP contribution is 2.38. The van der Waals surface area contributed by atoms with Gasteiger partial charge < -0.3 is 5.11 Å². The van der Waals surface area contributed by atoms with Crippen molar-refractivity contribution in [2.45, 2.75) is 45.1 Å². The molecule has 0 saturated heterocycles. The van der Waals surface area contributed by atoms with E-state index in [4.69, 9.17) is 11.6 Å². The molecule has 2 rings (SSSR count). The minimum atomic E-state index is 0.0971. The van der Waals surface area contributed by atoms with Gasteiger partial charge in [0.05, 0.1) is 0 Å². The fourth-order valence-corrected chi connectivity index (χ4v) is 3.55. The first-order chi connectivity index (χ1) is 9.56. The Labute approximate surface area is 127 Å². The van der Waals surface area contributed by atoms with Crippen LogP contribution in [0.1, 0.15) is 50.6 Å². The monoisotopic (exact) mass is 295 g/mol. The van der Waals surface area contributed by atoms with Crippen LogP contribution < -0.4 is 0 Å². The second-order valence-electron chi connectivity index (χ2n) is 6.36. The number of aliphatic hydroxyl groups excluding tert-OH is 1. The lowest BCUT2D eigenvalue weighted by molar-refractivity contribution is 0.0375. The molecule has 1 unspecified atom stereocenters. The molecule has 1 aliphatic rings. The zero-order valence-electron chi connectivity index (χ0n) is 12.6. The van der Waals surface area contributed by atoms with E-state index in [9.17, 15) is 5.11 Å². The van der Waals surface area contributed by atoms with Crippen molar-refractivity contribution in [2.75, 3.05) is 20.2 Å². The lowest BCUT2D eigenvalue weighted by Gasteiger charge is -2.40. The summed E-state index contributed by atoms with van der Waals surface area (Å²) in [7, 11) is 2.15. The molecule has 0 aliphatic heterocycles. The van der Waals surface area contributed by atoms with Crippen molar-refractivity contribution >= 4 is 11.6 Å². The zero-order chi connectivity index (χ0) is 14.6. The van der Waals surface area contributed by atoms with Crippen molar-refractivity contribution in [2.24, 2.45) is 5.41 Å². The van der Waals surface area contributed by atoms with Crippen LogP contribution in [0.25, 0.3) is 0 Å². The number of rotatable bonds is 5. The number of halogens is 1. The Kier molecular flexibility index (Phi) is 5.48. The lowest BCUT2D eigenvalue weighted by atomic mass is 9.74. The van der Waals surface area contributed by atoms with Crippen molar-refractivity contribution in [1.82, 2.24) is 4.90 Å². The maximum absolute atomic E-state index is 9.84. The number of nitrogens with zero attached hydrogens (tertiary/aromatic N) is 1. The molecule has 0 spiro atoms. The molecule has 0 aromatic heterocycles. The quantitative estimate of drug-likeness (QED) is 0.876. The van der Waals surface area contributed by atoms with E-state index in [1.165, 1.54) is 24.8 Å². The molecular weight excluding hydrogens is 270 g/mol. The second kappa shape index (κ2) is 6.93. The molecule has 0 bridgehead atoms. The van der Waals surface area contributed by atoms with E-state index in [2.05, 4.69) is 24.9 Å². The van der Waals surface area contributed by atoms with Crippen LogP contribution in [0.15, 0.2) is 24.3 Å². The van der Waals surface area contributed by atoms with Crippen molar-refractivity contribution in [3.05, 3.63) is 34.9 Å². The van der Waals surface area contributed by atoms with E-state index in [-0.39, 0.29) is 5.41 Å². The molecule has 112 valence electrons. The van der Waals surface area contributed by atoms with Crippen molar-refractivity contribution in [3.63, 3.8) is 0 Å². The van der Waals surface area contributed by atoms with E-state index < -0.39 is 0 Å². The summed E-state index contributed by atoms with van der Waals surface area (Å²) in [5, 5.41) is 10.6. The summed E-state index contributed by atoms with van der Waals surface area (Å²) in [5.74, 6) is 0. The SMILES string of the molecule is CC(c1cccc(Cl)c1)N(C)CC1(CO)CCCCC1. The summed E-state index contributed by atoms with van der Waals surface area (Å²) in [6.45, 7) is 3.47. The Morgan fingerprint density at radius 2 is 2.00 bits per heavy atom. The van der Waals surface area contributed by atoms with E-state index >= 15 is 0 Å². The third-order valence-electron chi connectivity index (χ3n) is 4.83. The molecule has 1 N–H and O–H groups in total. The second-order valence-corrected chi connectivity index (χ2v) is 6.80. The smallest absolute Gasteiger partial charge is 0.0499 e. The fourth-order valence-electron chi connectivity index (χ4n) is 3.35. The first kappa shape index (κ1) is 15.8. The van der Waals surface area contributed by atoms with Crippen LogP contribution in [-0.4, -0.2) is 30.2 Å². The van der Waals surface area contributed by atoms with Crippen molar-refractivity contribution in [1.29, 1.82) is 0 Å². The van der Waals surface area contributed by atoms with Gasteiger partial charge in [0.2, 0.25) is 0 Å². The van der Waals surface area contributed by atoms with Gasteiger partial charge in [0.1, 0.15) is 0 Å². The third kappa shape index (κ3) is 3.75. The summed E-state index contributed by atoms with van der Waals surface area (Å²) < 4.78 is 0. The van der Waals surface area contributed by atoms with Crippen LogP contribution in [-0.2, 0) is 0 Å². The van der Waals surface area contributed by atoms with Gasteiger partial charge >= 0.3 is 0 Å². The highest BCUT2D eigenvalue weighted by atomic mass is 35.5. The van der Waals surface area contributed by atoms with Gasteiger partial charge in [-0.25, -0.2) is 0 Å². The summed E-state index contributed by atoms with van der Waals surface area (Å²) in [6.07, 6.45) is 6.11. The predicted octanol–water partition coefficient (Wildman–Crippen LogP) is 4.28. The highest BCUT2D eigenvalue weighted by Gasteiger charge is 2.33. The number of hydrogen-bond acceptors (Lipinski definition) is 2. The topological polar surface area (TPSA) is 23.5 Å². The molecule has 20 heavy (non-hydrogen) atoms. The molecule has 3 heteroatoms. The lowest BCUT2D eigenvalue weighted by Crippen LogP contribution is -2.40.